The minimum atomic E-state index is -0.802. The van der Waals surface area contributed by atoms with Gasteiger partial charge in [-0.15, -0.1) is 0 Å². The lowest BCUT2D eigenvalue weighted by molar-refractivity contribution is -0.146. The zero-order valence-electron chi connectivity index (χ0n) is 49.1. The summed E-state index contributed by atoms with van der Waals surface area (Å²) in [6.45, 7) is 7.04. The van der Waals surface area contributed by atoms with Crippen molar-refractivity contribution in [2.24, 2.45) is 11.8 Å². The average Bonchev–Trinajstić information content (AvgIpc) is 4.15. The van der Waals surface area contributed by atoms with Gasteiger partial charge in [0.1, 0.15) is 0 Å². The van der Waals surface area contributed by atoms with Gasteiger partial charge in [-0.3, -0.25) is 4.79 Å². The van der Waals surface area contributed by atoms with Crippen molar-refractivity contribution in [1.29, 1.82) is 0 Å². The van der Waals surface area contributed by atoms with E-state index >= 15 is 0 Å². The first-order valence-electron chi connectivity index (χ1n) is 33.6. The number of hydrogen-bond donors (Lipinski definition) is 2. The van der Waals surface area contributed by atoms with E-state index in [1.807, 2.05) is 0 Å². The third-order valence-electron chi connectivity index (χ3n) is 17.1. The Hall–Kier alpha value is -0.610. The number of carboxylic acids is 1. The highest BCUT2D eigenvalue weighted by Crippen LogP contribution is 2.36. The maximum absolute atomic E-state index is 11.9. The van der Waals surface area contributed by atoms with Crippen LogP contribution in [0.1, 0.15) is 393 Å². The molecular weight excluding hydrogens is 869 g/mol. The van der Waals surface area contributed by atoms with Crippen LogP contribution >= 0.6 is 0 Å². The van der Waals surface area contributed by atoms with Crippen LogP contribution in [0.5, 0.6) is 0 Å². The minimum Gasteiger partial charge on any atom is -0.481 e. The van der Waals surface area contributed by atoms with Gasteiger partial charge in [0, 0.05) is 0 Å². The van der Waals surface area contributed by atoms with Crippen LogP contribution in [-0.2, 0) is 9.53 Å². The lowest BCUT2D eigenvalue weighted by atomic mass is 9.91. The molecule has 1 heterocycles. The second-order valence-electron chi connectivity index (χ2n) is 24.2. The fourth-order valence-corrected chi connectivity index (χ4v) is 11.9. The molecule has 0 radical (unpaired) electrons. The number of carboxylic acid groups (broad SMARTS) is 1. The van der Waals surface area contributed by atoms with Crippen molar-refractivity contribution in [1.82, 2.24) is 0 Å². The van der Waals surface area contributed by atoms with E-state index in [0.29, 0.717) is 25.0 Å². The van der Waals surface area contributed by atoms with Crippen LogP contribution in [0.2, 0.25) is 0 Å². The fraction of sp³-hybridized carbons (Fsp3) is 0.985. The second-order valence-corrected chi connectivity index (χ2v) is 24.2. The van der Waals surface area contributed by atoms with Gasteiger partial charge in [0.15, 0.2) is 0 Å². The molecule has 2 N–H and O–H groups in total. The number of aliphatic carboxylic acids is 1. The third kappa shape index (κ3) is 48.8. The van der Waals surface area contributed by atoms with Crippen LogP contribution in [0.25, 0.3) is 0 Å². The molecule has 1 saturated heterocycles. The summed E-state index contributed by atoms with van der Waals surface area (Å²) in [4.78, 5) is 11.9. The van der Waals surface area contributed by atoms with E-state index in [0.717, 1.165) is 31.6 Å². The first-order valence-corrected chi connectivity index (χ1v) is 33.6. The summed E-state index contributed by atoms with van der Waals surface area (Å²) < 4.78 is 6.12. The lowest BCUT2D eigenvalue weighted by Gasteiger charge is -2.19. The highest BCUT2D eigenvalue weighted by molar-refractivity contribution is 5.70. The Kier molecular flexibility index (Phi) is 53.6. The van der Waals surface area contributed by atoms with Crippen LogP contribution < -0.4 is 0 Å². The summed E-state index contributed by atoms with van der Waals surface area (Å²) in [5.41, 5.74) is 0. The molecule has 0 spiro atoms. The molecule has 0 saturated carbocycles. The van der Waals surface area contributed by atoms with Crippen LogP contribution in [0, 0.1) is 11.8 Å². The molecule has 4 heteroatoms. The summed E-state index contributed by atoms with van der Waals surface area (Å²) in [7, 11) is 0. The van der Waals surface area contributed by atoms with Crippen molar-refractivity contribution in [2.75, 3.05) is 0 Å². The summed E-state index contributed by atoms with van der Waals surface area (Å²) >= 11 is 0. The van der Waals surface area contributed by atoms with Crippen molar-refractivity contribution < 1.29 is 19.7 Å². The average molecular weight is 1000 g/mol. The molecule has 0 aromatic heterocycles. The molecule has 0 aromatic carbocycles. The van der Waals surface area contributed by atoms with Crippen LogP contribution in [-0.4, -0.2) is 34.5 Å². The minimum absolute atomic E-state index is 0.579. The lowest BCUT2D eigenvalue weighted by Crippen LogP contribution is -2.28. The first kappa shape index (κ1) is 68.4. The number of unbranched alkanes of at least 4 members (excludes halogenated alkanes) is 51. The quantitative estimate of drug-likeness (QED) is 0.0470. The number of hydrogen-bond acceptors (Lipinski definition) is 3. The highest BCUT2D eigenvalue weighted by Gasteiger charge is 2.41. The van der Waals surface area contributed by atoms with Crippen molar-refractivity contribution >= 4 is 5.97 Å². The number of epoxide rings is 1. The van der Waals surface area contributed by atoms with E-state index in [-0.39, 0.29) is 0 Å². The molecule has 0 amide bonds. The van der Waals surface area contributed by atoms with Crippen molar-refractivity contribution in [2.45, 2.75) is 411 Å². The fourth-order valence-electron chi connectivity index (χ4n) is 11.9. The molecule has 0 aliphatic carbocycles. The normalized spacial score (nSPS) is 15.9. The van der Waals surface area contributed by atoms with Crippen LogP contribution in [0.3, 0.4) is 0 Å². The maximum atomic E-state index is 11.9. The second kappa shape index (κ2) is 55.6. The monoisotopic (exact) mass is 1000 g/mol. The predicted molar refractivity (Wildman–Crippen MR) is 314 cm³/mol. The Balaban J connectivity index is 1.75. The van der Waals surface area contributed by atoms with Crippen LogP contribution in [0.4, 0.5) is 0 Å². The zero-order valence-corrected chi connectivity index (χ0v) is 49.1. The topological polar surface area (TPSA) is 70.1 Å². The van der Waals surface area contributed by atoms with Crippen molar-refractivity contribution in [3.05, 3.63) is 0 Å². The van der Waals surface area contributed by atoms with E-state index < -0.39 is 18.0 Å². The zero-order chi connectivity index (χ0) is 51.2. The van der Waals surface area contributed by atoms with Gasteiger partial charge in [-0.25, -0.2) is 0 Å². The summed E-state index contributed by atoms with van der Waals surface area (Å²) in [5.74, 6) is -0.619. The van der Waals surface area contributed by atoms with E-state index in [1.54, 1.807) is 0 Å². The SMILES string of the molecule is CCCCCCCCCCCCCCCCCCCCC(C(=O)O)C(O)CCCCCCCCCCCCCCCCCCCCCCCCC1OC1C(C)CCCCCCCCCCCCCCCC. The first-order chi connectivity index (χ1) is 35.0. The van der Waals surface area contributed by atoms with Gasteiger partial charge in [-0.2, -0.15) is 0 Å². The van der Waals surface area contributed by atoms with E-state index in [1.165, 1.54) is 334 Å². The van der Waals surface area contributed by atoms with Gasteiger partial charge in [0.2, 0.25) is 0 Å². The Bertz CT molecular complexity index is 1030. The third-order valence-corrected chi connectivity index (χ3v) is 17.1. The molecule has 0 bridgehead atoms. The van der Waals surface area contributed by atoms with E-state index in [4.69, 9.17) is 4.74 Å². The molecule has 1 aliphatic rings. The van der Waals surface area contributed by atoms with E-state index in [2.05, 4.69) is 20.8 Å². The number of rotatable bonds is 62. The smallest absolute Gasteiger partial charge is 0.309 e. The van der Waals surface area contributed by atoms with Gasteiger partial charge in [-0.1, -0.05) is 367 Å². The molecule has 1 aliphatic heterocycles. The largest absolute Gasteiger partial charge is 0.481 e. The molecule has 4 nitrogen and oxygen atoms in total. The Morgan fingerprint density at radius 2 is 0.563 bits per heavy atom. The summed E-state index contributed by atoms with van der Waals surface area (Å²) in [6, 6.07) is 0. The van der Waals surface area contributed by atoms with Gasteiger partial charge in [0.05, 0.1) is 24.2 Å². The standard InChI is InChI=1S/C67H132O4/c1-4-6-8-10-12-14-16-18-20-21-28-31-35-39-43-47-51-55-59-63(67(69)70)64(68)60-56-52-48-44-40-36-32-29-26-24-22-23-25-27-30-33-37-41-45-49-53-57-61-65-66(71-65)62(3)58-54-50-46-42-38-34-19-17-15-13-11-9-7-5-2/h62-66,68H,4-61H2,1-3H3,(H,69,70). The van der Waals surface area contributed by atoms with Gasteiger partial charge in [0.25, 0.3) is 0 Å². The Morgan fingerprint density at radius 3 is 0.831 bits per heavy atom. The molecular formula is C67H132O4. The number of aliphatic hydroxyl groups excluding tert-OH is 1. The van der Waals surface area contributed by atoms with Gasteiger partial charge in [-0.05, 0) is 31.6 Å². The highest BCUT2D eigenvalue weighted by atomic mass is 16.6. The summed E-state index contributed by atoms with van der Waals surface area (Å²) in [6.07, 6.45) is 78.9. The van der Waals surface area contributed by atoms with E-state index in [9.17, 15) is 15.0 Å². The van der Waals surface area contributed by atoms with Crippen molar-refractivity contribution in [3.8, 4) is 0 Å². The molecule has 0 aromatic rings. The molecule has 424 valence electrons. The van der Waals surface area contributed by atoms with Gasteiger partial charge < -0.3 is 14.9 Å². The summed E-state index contributed by atoms with van der Waals surface area (Å²) in [5, 5.41) is 20.5. The Morgan fingerprint density at radius 1 is 0.338 bits per heavy atom. The maximum Gasteiger partial charge on any atom is 0.309 e. The van der Waals surface area contributed by atoms with Crippen LogP contribution in [0.15, 0.2) is 0 Å². The predicted octanol–water partition coefficient (Wildman–Crippen LogP) is 23.1. The molecule has 1 rings (SSSR count). The number of aliphatic hydroxyl groups is 1. The molecule has 1 fully saturated rings. The Labute approximate surface area is 447 Å². The van der Waals surface area contributed by atoms with Crippen molar-refractivity contribution in [3.63, 3.8) is 0 Å². The molecule has 5 atom stereocenters. The molecule has 5 unspecified atom stereocenters. The number of carbonyl (C=O) groups is 1. The molecule has 71 heavy (non-hydrogen) atoms. The number of ether oxygens (including phenoxy) is 1. The van der Waals surface area contributed by atoms with Gasteiger partial charge >= 0.3 is 5.97 Å².